The van der Waals surface area contributed by atoms with Crippen molar-refractivity contribution in [2.75, 3.05) is 0 Å². The Hall–Kier alpha value is -1.74. The summed E-state index contributed by atoms with van der Waals surface area (Å²) in [5, 5.41) is 0. The topological polar surface area (TPSA) is 31.0 Å². The van der Waals surface area contributed by atoms with E-state index >= 15 is 0 Å². The molecule has 0 radical (unpaired) electrons. The maximum Gasteiger partial charge on any atom is 0.125 e. The number of benzene rings is 1. The van der Waals surface area contributed by atoms with E-state index in [1.807, 2.05) is 12.1 Å². The molecule has 3 nitrogen and oxygen atoms in total. The first kappa shape index (κ1) is 13.3. The summed E-state index contributed by atoms with van der Waals surface area (Å²) in [5.74, 6) is 2.30. The summed E-state index contributed by atoms with van der Waals surface area (Å²) in [5.41, 5.74) is 3.35. The lowest BCUT2D eigenvalue weighted by molar-refractivity contribution is 0.449. The lowest BCUT2D eigenvalue weighted by atomic mass is 10.1. The summed E-state index contributed by atoms with van der Waals surface area (Å²) in [6, 6.07) is 10.4. The van der Waals surface area contributed by atoms with Crippen LogP contribution in [0.5, 0.6) is 0 Å². The predicted molar refractivity (Wildman–Crippen MR) is 81.2 cm³/mol. The van der Waals surface area contributed by atoms with E-state index in [1.54, 1.807) is 6.26 Å². The average molecular weight is 289 g/mol. The number of halogens is 1. The summed E-state index contributed by atoms with van der Waals surface area (Å²) in [6.45, 7) is 4.25. The van der Waals surface area contributed by atoms with Crippen molar-refractivity contribution in [2.45, 2.75) is 32.2 Å². The van der Waals surface area contributed by atoms with Crippen molar-refractivity contribution < 1.29 is 4.42 Å². The largest absolute Gasteiger partial charge is 0.469 e. The molecule has 0 saturated heterocycles. The van der Waals surface area contributed by atoms with Crippen LogP contribution in [0.3, 0.4) is 0 Å². The van der Waals surface area contributed by atoms with Crippen LogP contribution in [0.1, 0.15) is 30.1 Å². The van der Waals surface area contributed by atoms with Gasteiger partial charge in [-0.15, -0.1) is 11.6 Å². The molecule has 2 heterocycles. The van der Waals surface area contributed by atoms with E-state index in [2.05, 4.69) is 41.6 Å². The van der Waals surface area contributed by atoms with Gasteiger partial charge in [0.2, 0.25) is 0 Å². The maximum absolute atomic E-state index is 6.08. The van der Waals surface area contributed by atoms with Crippen molar-refractivity contribution in [1.82, 2.24) is 9.55 Å². The second kappa shape index (κ2) is 5.33. The molecule has 20 heavy (non-hydrogen) atoms. The van der Waals surface area contributed by atoms with Gasteiger partial charge in [-0.3, -0.25) is 0 Å². The minimum absolute atomic E-state index is 0.252. The molecular weight excluding hydrogens is 272 g/mol. The zero-order valence-corrected chi connectivity index (χ0v) is 12.4. The van der Waals surface area contributed by atoms with Gasteiger partial charge in [-0.2, -0.15) is 0 Å². The quantitative estimate of drug-likeness (QED) is 0.663. The van der Waals surface area contributed by atoms with Crippen LogP contribution in [-0.2, 0) is 12.3 Å². The van der Waals surface area contributed by atoms with Gasteiger partial charge in [-0.05, 0) is 37.6 Å². The smallest absolute Gasteiger partial charge is 0.125 e. The lowest BCUT2D eigenvalue weighted by Crippen LogP contribution is -2.10. The van der Waals surface area contributed by atoms with E-state index < -0.39 is 0 Å². The van der Waals surface area contributed by atoms with Gasteiger partial charge in [-0.25, -0.2) is 4.98 Å². The van der Waals surface area contributed by atoms with Crippen molar-refractivity contribution >= 4 is 22.6 Å². The Morgan fingerprint density at radius 2 is 2.15 bits per heavy atom. The number of hydrogen-bond donors (Lipinski definition) is 0. The number of hydrogen-bond acceptors (Lipinski definition) is 2. The van der Waals surface area contributed by atoms with Crippen molar-refractivity contribution in [1.29, 1.82) is 0 Å². The highest BCUT2D eigenvalue weighted by Crippen LogP contribution is 2.26. The fraction of sp³-hybridized carbons (Fsp3) is 0.312. The van der Waals surface area contributed by atoms with Crippen LogP contribution >= 0.6 is 11.6 Å². The highest BCUT2D eigenvalue weighted by atomic mass is 35.5. The third-order valence-corrected chi connectivity index (χ3v) is 3.87. The van der Waals surface area contributed by atoms with Crippen molar-refractivity contribution in [2.24, 2.45) is 0 Å². The van der Waals surface area contributed by atoms with Gasteiger partial charge in [0, 0.05) is 12.5 Å². The van der Waals surface area contributed by atoms with Crippen molar-refractivity contribution in [3.8, 4) is 0 Å². The van der Waals surface area contributed by atoms with E-state index in [0.717, 1.165) is 29.0 Å². The number of para-hydroxylation sites is 1. The molecule has 0 fully saturated rings. The number of alkyl halides is 1. The molecular formula is C16H17ClN2O. The summed E-state index contributed by atoms with van der Waals surface area (Å²) < 4.78 is 7.66. The van der Waals surface area contributed by atoms with Gasteiger partial charge in [-0.1, -0.05) is 12.1 Å². The summed E-state index contributed by atoms with van der Waals surface area (Å²) >= 11 is 6.08. The maximum atomic E-state index is 6.08. The SMILES string of the molecule is Cc1cccc2c1nc(CCl)n2C(C)Cc1ccco1. The first-order chi connectivity index (χ1) is 9.70. The van der Waals surface area contributed by atoms with E-state index in [9.17, 15) is 0 Å². The minimum atomic E-state index is 0.252. The predicted octanol–water partition coefficient (Wildman–Crippen LogP) is 4.48. The minimum Gasteiger partial charge on any atom is -0.469 e. The van der Waals surface area contributed by atoms with Gasteiger partial charge in [0.25, 0.3) is 0 Å². The second-order valence-electron chi connectivity index (χ2n) is 5.11. The molecule has 0 spiro atoms. The summed E-state index contributed by atoms with van der Waals surface area (Å²) in [4.78, 5) is 4.68. The zero-order chi connectivity index (χ0) is 14.1. The molecule has 0 bridgehead atoms. The molecule has 1 unspecified atom stereocenters. The van der Waals surface area contributed by atoms with E-state index in [4.69, 9.17) is 16.0 Å². The second-order valence-corrected chi connectivity index (χ2v) is 5.37. The Balaban J connectivity index is 2.07. The molecule has 1 aromatic carbocycles. The fourth-order valence-electron chi connectivity index (χ4n) is 2.70. The Morgan fingerprint density at radius 3 is 2.85 bits per heavy atom. The van der Waals surface area contributed by atoms with Crippen LogP contribution in [0, 0.1) is 6.92 Å². The van der Waals surface area contributed by atoms with Gasteiger partial charge >= 0.3 is 0 Å². The summed E-state index contributed by atoms with van der Waals surface area (Å²) in [7, 11) is 0. The monoisotopic (exact) mass is 288 g/mol. The molecule has 0 aliphatic rings. The van der Waals surface area contributed by atoms with Crippen LogP contribution < -0.4 is 0 Å². The molecule has 4 heteroatoms. The molecule has 0 N–H and O–H groups in total. The van der Waals surface area contributed by atoms with Gasteiger partial charge < -0.3 is 8.98 Å². The van der Waals surface area contributed by atoms with Crippen LogP contribution in [0.15, 0.2) is 41.0 Å². The molecule has 0 aliphatic heterocycles. The number of fused-ring (bicyclic) bond motifs is 1. The average Bonchev–Trinajstić information content (AvgIpc) is 3.05. The first-order valence-corrected chi connectivity index (χ1v) is 7.29. The Morgan fingerprint density at radius 1 is 1.30 bits per heavy atom. The van der Waals surface area contributed by atoms with Crippen LogP contribution in [-0.4, -0.2) is 9.55 Å². The fourth-order valence-corrected chi connectivity index (χ4v) is 2.89. The number of aryl methyl sites for hydroxylation is 1. The number of furan rings is 1. The van der Waals surface area contributed by atoms with E-state index in [-0.39, 0.29) is 6.04 Å². The highest BCUT2D eigenvalue weighted by Gasteiger charge is 2.17. The van der Waals surface area contributed by atoms with Gasteiger partial charge in [0.05, 0.1) is 23.2 Å². The normalized spacial score (nSPS) is 12.9. The third kappa shape index (κ3) is 2.22. The van der Waals surface area contributed by atoms with Crippen LogP contribution in [0.2, 0.25) is 0 Å². The van der Waals surface area contributed by atoms with Crippen LogP contribution in [0.4, 0.5) is 0 Å². The number of nitrogens with zero attached hydrogens (tertiary/aromatic N) is 2. The number of imidazole rings is 1. The number of aromatic nitrogens is 2. The number of rotatable bonds is 4. The zero-order valence-electron chi connectivity index (χ0n) is 11.6. The summed E-state index contributed by atoms with van der Waals surface area (Å²) in [6.07, 6.45) is 2.54. The molecule has 2 aromatic heterocycles. The standard InChI is InChI=1S/C16H17ClN2O/c1-11-5-3-7-14-16(11)18-15(10-17)19(14)12(2)9-13-6-4-8-20-13/h3-8,12H,9-10H2,1-2H3. The van der Waals surface area contributed by atoms with E-state index in [0.29, 0.717) is 5.88 Å². The third-order valence-electron chi connectivity index (χ3n) is 3.63. The molecule has 0 amide bonds. The lowest BCUT2D eigenvalue weighted by Gasteiger charge is -2.16. The van der Waals surface area contributed by atoms with Gasteiger partial charge in [0.15, 0.2) is 0 Å². The molecule has 0 saturated carbocycles. The van der Waals surface area contributed by atoms with Gasteiger partial charge in [0.1, 0.15) is 11.6 Å². The first-order valence-electron chi connectivity index (χ1n) is 6.75. The molecule has 3 aromatic rings. The Labute approximate surface area is 123 Å². The Bertz CT molecular complexity index is 715. The molecule has 104 valence electrons. The molecule has 3 rings (SSSR count). The van der Waals surface area contributed by atoms with Crippen molar-refractivity contribution in [3.63, 3.8) is 0 Å². The van der Waals surface area contributed by atoms with E-state index in [1.165, 1.54) is 5.56 Å². The molecule has 0 aliphatic carbocycles. The van der Waals surface area contributed by atoms with Crippen LogP contribution in [0.25, 0.3) is 11.0 Å². The van der Waals surface area contributed by atoms with Crippen molar-refractivity contribution in [3.05, 3.63) is 53.7 Å². The molecule has 1 atom stereocenters. The highest BCUT2D eigenvalue weighted by molar-refractivity contribution is 6.16. The Kier molecular flexibility index (Phi) is 3.53.